The third-order valence-electron chi connectivity index (χ3n) is 3.25. The Morgan fingerprint density at radius 2 is 1.95 bits per heavy atom. The van der Waals surface area contributed by atoms with Gasteiger partial charge in [-0.25, -0.2) is 0 Å². The molecule has 22 heavy (non-hydrogen) atoms. The van der Waals surface area contributed by atoms with Gasteiger partial charge in [0, 0.05) is 6.54 Å². The molecule has 0 aliphatic carbocycles. The summed E-state index contributed by atoms with van der Waals surface area (Å²) in [6.07, 6.45) is -1.79. The first-order chi connectivity index (χ1) is 9.94. The van der Waals surface area contributed by atoms with Crippen molar-refractivity contribution in [3.05, 3.63) is 29.8 Å². The predicted molar refractivity (Wildman–Crippen MR) is 77.9 cm³/mol. The van der Waals surface area contributed by atoms with Crippen LogP contribution in [0.2, 0.25) is 0 Å². The first kappa shape index (κ1) is 18.6. The van der Waals surface area contributed by atoms with Crippen LogP contribution in [-0.2, 0) is 11.3 Å². The number of alkyl halides is 3. The van der Waals surface area contributed by atoms with Gasteiger partial charge in [-0.2, -0.15) is 0 Å². The van der Waals surface area contributed by atoms with Crippen LogP contribution in [-0.4, -0.2) is 24.9 Å². The van der Waals surface area contributed by atoms with Crippen molar-refractivity contribution in [1.29, 1.82) is 0 Å². The summed E-state index contributed by atoms with van der Waals surface area (Å²) < 4.78 is 39.8. The second-order valence-corrected chi connectivity index (χ2v) is 4.91. The summed E-state index contributed by atoms with van der Waals surface area (Å²) in [6, 6.07) is 5.28. The zero-order valence-corrected chi connectivity index (χ0v) is 12.6. The van der Waals surface area contributed by atoms with Crippen LogP contribution in [0.3, 0.4) is 0 Å². The van der Waals surface area contributed by atoms with Crippen LogP contribution in [0.25, 0.3) is 0 Å². The summed E-state index contributed by atoms with van der Waals surface area (Å²) in [5, 5.41) is 5.90. The fourth-order valence-corrected chi connectivity index (χ4v) is 2.20. The number of amides is 1. The van der Waals surface area contributed by atoms with Crippen molar-refractivity contribution < 1.29 is 22.7 Å². The highest BCUT2D eigenvalue weighted by Crippen LogP contribution is 2.22. The molecule has 4 nitrogen and oxygen atoms in total. The molecule has 2 N–H and O–H groups in total. The highest BCUT2D eigenvalue weighted by molar-refractivity contribution is 5.85. The van der Waals surface area contributed by atoms with E-state index in [0.717, 1.165) is 25.8 Å². The van der Waals surface area contributed by atoms with E-state index in [2.05, 4.69) is 15.4 Å². The number of hydrogen-bond donors (Lipinski definition) is 2. The topological polar surface area (TPSA) is 50.4 Å². The molecule has 124 valence electrons. The zero-order valence-electron chi connectivity index (χ0n) is 11.8. The molecule has 1 aliphatic heterocycles. The van der Waals surface area contributed by atoms with Crippen molar-refractivity contribution in [2.24, 2.45) is 0 Å². The van der Waals surface area contributed by atoms with Crippen molar-refractivity contribution in [1.82, 2.24) is 10.6 Å². The van der Waals surface area contributed by atoms with Gasteiger partial charge in [-0.15, -0.1) is 25.6 Å². The number of halogens is 4. The van der Waals surface area contributed by atoms with Crippen LogP contribution in [0, 0.1) is 0 Å². The van der Waals surface area contributed by atoms with Crippen LogP contribution in [0.5, 0.6) is 5.75 Å². The van der Waals surface area contributed by atoms with Gasteiger partial charge >= 0.3 is 6.36 Å². The van der Waals surface area contributed by atoms with Gasteiger partial charge in [0.15, 0.2) is 0 Å². The minimum atomic E-state index is -4.69. The Balaban J connectivity index is 0.00000242. The highest BCUT2D eigenvalue weighted by atomic mass is 35.5. The number of carbonyl (C=O) groups excluding carboxylic acids is 1. The van der Waals surface area contributed by atoms with Gasteiger partial charge in [-0.05, 0) is 37.1 Å². The number of piperidine rings is 1. The molecule has 1 atom stereocenters. The first-order valence-electron chi connectivity index (χ1n) is 6.80. The minimum absolute atomic E-state index is 0. The lowest BCUT2D eigenvalue weighted by Crippen LogP contribution is -2.46. The third-order valence-corrected chi connectivity index (χ3v) is 3.25. The van der Waals surface area contributed by atoms with Gasteiger partial charge < -0.3 is 15.4 Å². The SMILES string of the molecule is Cl.O=C(NCc1ccc(OC(F)(F)F)cc1)C1CCCCN1. The smallest absolute Gasteiger partial charge is 0.406 e. The van der Waals surface area contributed by atoms with E-state index in [1.165, 1.54) is 24.3 Å². The van der Waals surface area contributed by atoms with E-state index >= 15 is 0 Å². The van der Waals surface area contributed by atoms with E-state index in [0.29, 0.717) is 5.56 Å². The Bertz CT molecular complexity index is 474. The molecule has 0 aromatic heterocycles. The molecular weight excluding hydrogens is 321 g/mol. The van der Waals surface area contributed by atoms with Crippen molar-refractivity contribution >= 4 is 18.3 Å². The Labute approximate surface area is 132 Å². The van der Waals surface area contributed by atoms with E-state index in [-0.39, 0.29) is 36.7 Å². The molecule has 1 saturated heterocycles. The van der Waals surface area contributed by atoms with E-state index in [4.69, 9.17) is 0 Å². The van der Waals surface area contributed by atoms with Crippen molar-refractivity contribution in [3.8, 4) is 5.75 Å². The van der Waals surface area contributed by atoms with Crippen LogP contribution < -0.4 is 15.4 Å². The zero-order chi connectivity index (χ0) is 15.3. The van der Waals surface area contributed by atoms with E-state index in [1.54, 1.807) is 0 Å². The van der Waals surface area contributed by atoms with E-state index < -0.39 is 6.36 Å². The second-order valence-electron chi connectivity index (χ2n) is 4.91. The summed E-state index contributed by atoms with van der Waals surface area (Å²) in [7, 11) is 0. The summed E-state index contributed by atoms with van der Waals surface area (Å²) in [5.41, 5.74) is 0.716. The number of ether oxygens (including phenoxy) is 1. The molecule has 1 unspecified atom stereocenters. The number of nitrogens with one attached hydrogen (secondary N) is 2. The molecule has 1 aromatic carbocycles. The van der Waals surface area contributed by atoms with Crippen molar-refractivity contribution in [2.45, 2.75) is 38.2 Å². The fraction of sp³-hybridized carbons (Fsp3) is 0.500. The van der Waals surface area contributed by atoms with Gasteiger partial charge in [0.1, 0.15) is 5.75 Å². The molecule has 0 saturated carbocycles. The summed E-state index contributed by atoms with van der Waals surface area (Å²) in [4.78, 5) is 11.9. The molecule has 0 radical (unpaired) electrons. The largest absolute Gasteiger partial charge is 0.573 e. The molecule has 0 spiro atoms. The van der Waals surface area contributed by atoms with Gasteiger partial charge in [0.05, 0.1) is 6.04 Å². The monoisotopic (exact) mass is 338 g/mol. The Hall–Kier alpha value is -1.47. The molecular formula is C14H18ClF3N2O2. The standard InChI is InChI=1S/C14H17F3N2O2.ClH/c15-14(16,17)21-11-6-4-10(5-7-11)9-19-13(20)12-3-1-2-8-18-12;/h4-7,12,18H,1-3,8-9H2,(H,19,20);1H. The Kier molecular flexibility index (Phi) is 6.96. The highest BCUT2D eigenvalue weighted by Gasteiger charge is 2.30. The molecule has 1 fully saturated rings. The maximum Gasteiger partial charge on any atom is 0.573 e. The van der Waals surface area contributed by atoms with Crippen LogP contribution in [0.4, 0.5) is 13.2 Å². The Morgan fingerprint density at radius 3 is 2.50 bits per heavy atom. The first-order valence-corrected chi connectivity index (χ1v) is 6.80. The molecule has 1 heterocycles. The average molecular weight is 339 g/mol. The number of benzene rings is 1. The van der Waals surface area contributed by atoms with Crippen LogP contribution in [0.15, 0.2) is 24.3 Å². The minimum Gasteiger partial charge on any atom is -0.406 e. The van der Waals surface area contributed by atoms with Crippen LogP contribution >= 0.6 is 12.4 Å². The molecule has 1 aromatic rings. The number of rotatable bonds is 4. The second kappa shape index (κ2) is 8.24. The maximum absolute atomic E-state index is 12.0. The fourth-order valence-electron chi connectivity index (χ4n) is 2.20. The van der Waals surface area contributed by atoms with Crippen molar-refractivity contribution in [2.75, 3.05) is 6.54 Å². The summed E-state index contributed by atoms with van der Waals surface area (Å²) in [6.45, 7) is 1.12. The van der Waals surface area contributed by atoms with E-state index in [9.17, 15) is 18.0 Å². The Morgan fingerprint density at radius 1 is 1.27 bits per heavy atom. The van der Waals surface area contributed by atoms with Gasteiger partial charge in [-0.1, -0.05) is 18.6 Å². The lowest BCUT2D eigenvalue weighted by atomic mass is 10.0. The van der Waals surface area contributed by atoms with E-state index in [1.807, 2.05) is 0 Å². The molecule has 1 aliphatic rings. The maximum atomic E-state index is 12.0. The summed E-state index contributed by atoms with van der Waals surface area (Å²) >= 11 is 0. The quantitative estimate of drug-likeness (QED) is 0.887. The van der Waals surface area contributed by atoms with Crippen molar-refractivity contribution in [3.63, 3.8) is 0 Å². The predicted octanol–water partition coefficient (Wildman–Crippen LogP) is 2.77. The van der Waals surface area contributed by atoms with Gasteiger partial charge in [0.2, 0.25) is 5.91 Å². The molecule has 2 rings (SSSR count). The van der Waals surface area contributed by atoms with Gasteiger partial charge in [0.25, 0.3) is 0 Å². The number of carbonyl (C=O) groups is 1. The lowest BCUT2D eigenvalue weighted by molar-refractivity contribution is -0.274. The van der Waals surface area contributed by atoms with Crippen LogP contribution in [0.1, 0.15) is 24.8 Å². The molecule has 0 bridgehead atoms. The molecule has 1 amide bonds. The summed E-state index contributed by atoms with van der Waals surface area (Å²) in [5.74, 6) is -0.350. The lowest BCUT2D eigenvalue weighted by Gasteiger charge is -2.22. The van der Waals surface area contributed by atoms with Gasteiger partial charge in [-0.3, -0.25) is 4.79 Å². The normalized spacial score (nSPS) is 18.2. The average Bonchev–Trinajstić information content (AvgIpc) is 2.45. The number of hydrogen-bond acceptors (Lipinski definition) is 3. The third kappa shape index (κ3) is 6.11. The molecule has 8 heteroatoms.